The van der Waals surface area contributed by atoms with E-state index in [-0.39, 0.29) is 36.5 Å². The van der Waals surface area contributed by atoms with Crippen molar-refractivity contribution in [1.29, 1.82) is 0 Å². The quantitative estimate of drug-likeness (QED) is 0.482. The highest BCUT2D eigenvalue weighted by Gasteiger charge is 2.41. The van der Waals surface area contributed by atoms with E-state index in [0.717, 1.165) is 24.0 Å². The molecule has 5 heteroatoms. The fourth-order valence-corrected chi connectivity index (χ4v) is 4.07. The fraction of sp³-hybridized carbons (Fsp3) is 0.640. The van der Waals surface area contributed by atoms with Crippen molar-refractivity contribution in [1.82, 2.24) is 4.90 Å². The van der Waals surface area contributed by atoms with E-state index >= 15 is 0 Å². The molecule has 0 unspecified atom stereocenters. The normalized spacial score (nSPS) is 22.9. The number of rotatable bonds is 9. The van der Waals surface area contributed by atoms with Gasteiger partial charge in [0.05, 0.1) is 18.8 Å². The molecule has 1 aliphatic rings. The minimum Gasteiger partial charge on any atom is -0.439 e. The molecule has 1 aliphatic heterocycles. The highest BCUT2D eigenvalue weighted by Crippen LogP contribution is 2.32. The van der Waals surface area contributed by atoms with E-state index in [9.17, 15) is 4.79 Å². The van der Waals surface area contributed by atoms with E-state index in [2.05, 4.69) is 13.5 Å². The summed E-state index contributed by atoms with van der Waals surface area (Å²) < 4.78 is 18.5. The molecule has 0 aliphatic carbocycles. The Hall–Kier alpha value is -1.85. The lowest BCUT2D eigenvalue weighted by Gasteiger charge is -2.41. The molecule has 1 heterocycles. The molecule has 30 heavy (non-hydrogen) atoms. The van der Waals surface area contributed by atoms with Crippen molar-refractivity contribution in [2.45, 2.75) is 104 Å². The summed E-state index contributed by atoms with van der Waals surface area (Å²) in [4.78, 5) is 14.7. The Labute approximate surface area is 182 Å². The Bertz CT molecular complexity index is 665. The summed E-state index contributed by atoms with van der Waals surface area (Å²) >= 11 is 0. The number of ether oxygens (including phenoxy) is 3. The van der Waals surface area contributed by atoms with E-state index < -0.39 is 6.10 Å². The first-order chi connectivity index (χ1) is 14.2. The molecule has 168 valence electrons. The summed E-state index contributed by atoms with van der Waals surface area (Å²) in [5.74, 6) is 0. The summed E-state index contributed by atoms with van der Waals surface area (Å²) in [5.41, 5.74) is 2.00. The second kappa shape index (κ2) is 11.5. The Morgan fingerprint density at radius 3 is 2.37 bits per heavy atom. The highest BCUT2D eigenvalue weighted by atomic mass is 16.6. The highest BCUT2D eigenvalue weighted by molar-refractivity contribution is 5.69. The maximum atomic E-state index is 13.0. The maximum absolute atomic E-state index is 13.0. The van der Waals surface area contributed by atoms with Gasteiger partial charge in [0.15, 0.2) is 6.10 Å². The van der Waals surface area contributed by atoms with Crippen molar-refractivity contribution in [3.63, 3.8) is 0 Å². The standard InChI is InChI=1S/C25H39NO4/c1-8-12-22-15-19(6)23(30-25(27)26(17(2)3)18(4)5)24(29-22)20(7)28-16-21-13-10-9-11-14-21/h9-11,13-14,17-18,20,22-24H,6,8,12,15-16H2,1-5,7H3/t20-,22-,23+,24+/m0/s1. The van der Waals surface area contributed by atoms with Crippen LogP contribution in [0.5, 0.6) is 0 Å². The van der Waals surface area contributed by atoms with Gasteiger partial charge in [-0.25, -0.2) is 4.79 Å². The predicted octanol–water partition coefficient (Wildman–Crippen LogP) is 5.73. The average molecular weight is 418 g/mol. The largest absolute Gasteiger partial charge is 0.439 e. The summed E-state index contributed by atoms with van der Waals surface area (Å²) in [6.45, 7) is 16.8. The van der Waals surface area contributed by atoms with Crippen LogP contribution in [0.25, 0.3) is 0 Å². The lowest BCUT2D eigenvalue weighted by molar-refractivity contribution is -0.157. The molecule has 0 aromatic heterocycles. The van der Waals surface area contributed by atoms with Crippen LogP contribution >= 0.6 is 0 Å². The zero-order chi connectivity index (χ0) is 22.3. The molecule has 0 spiro atoms. The van der Waals surface area contributed by atoms with E-state index in [4.69, 9.17) is 14.2 Å². The Kier molecular flexibility index (Phi) is 9.37. The van der Waals surface area contributed by atoms with Crippen LogP contribution in [0.15, 0.2) is 42.5 Å². The third-order valence-corrected chi connectivity index (χ3v) is 5.52. The van der Waals surface area contributed by atoms with Gasteiger partial charge >= 0.3 is 6.09 Å². The van der Waals surface area contributed by atoms with Crippen molar-refractivity contribution >= 4 is 6.09 Å². The zero-order valence-corrected chi connectivity index (χ0v) is 19.5. The lowest BCUT2D eigenvalue weighted by Crippen LogP contribution is -2.52. The van der Waals surface area contributed by atoms with Gasteiger partial charge in [-0.15, -0.1) is 0 Å². The first kappa shape index (κ1) is 24.4. The molecule has 1 aromatic carbocycles. The van der Waals surface area contributed by atoms with Gasteiger partial charge in [0.25, 0.3) is 0 Å². The summed E-state index contributed by atoms with van der Waals surface area (Å²) in [6, 6.07) is 10.2. The first-order valence-corrected chi connectivity index (χ1v) is 11.2. The Morgan fingerprint density at radius 1 is 1.17 bits per heavy atom. The average Bonchev–Trinajstić information content (AvgIpc) is 2.68. The molecule has 2 rings (SSSR count). The van der Waals surface area contributed by atoms with Gasteiger partial charge in [-0.2, -0.15) is 0 Å². The summed E-state index contributed by atoms with van der Waals surface area (Å²) in [5, 5.41) is 0. The third-order valence-electron chi connectivity index (χ3n) is 5.52. The van der Waals surface area contributed by atoms with E-state index in [1.54, 1.807) is 4.90 Å². The first-order valence-electron chi connectivity index (χ1n) is 11.2. The van der Waals surface area contributed by atoms with E-state index in [1.165, 1.54) is 0 Å². The van der Waals surface area contributed by atoms with Crippen LogP contribution in [-0.2, 0) is 20.8 Å². The lowest BCUT2D eigenvalue weighted by atomic mass is 9.91. The number of nitrogens with zero attached hydrogens (tertiary/aromatic N) is 1. The van der Waals surface area contributed by atoms with Crippen LogP contribution in [0.2, 0.25) is 0 Å². The van der Waals surface area contributed by atoms with Gasteiger partial charge in [0.1, 0.15) is 6.10 Å². The molecule has 0 N–H and O–H groups in total. The number of hydrogen-bond donors (Lipinski definition) is 0. The van der Waals surface area contributed by atoms with Gasteiger partial charge in [-0.05, 0) is 58.6 Å². The minimum atomic E-state index is -0.517. The number of benzene rings is 1. The van der Waals surface area contributed by atoms with Crippen LogP contribution in [0.3, 0.4) is 0 Å². The fourth-order valence-electron chi connectivity index (χ4n) is 4.07. The molecular formula is C25H39NO4. The van der Waals surface area contributed by atoms with Crippen molar-refractivity contribution in [2.75, 3.05) is 0 Å². The Morgan fingerprint density at radius 2 is 1.80 bits per heavy atom. The molecule has 4 atom stereocenters. The number of carbonyl (C=O) groups excluding carboxylic acids is 1. The van der Waals surface area contributed by atoms with E-state index in [1.807, 2.05) is 65.0 Å². The third kappa shape index (κ3) is 6.58. The second-order valence-corrected chi connectivity index (χ2v) is 8.77. The van der Waals surface area contributed by atoms with Crippen LogP contribution in [0.4, 0.5) is 4.79 Å². The van der Waals surface area contributed by atoms with Crippen molar-refractivity contribution < 1.29 is 19.0 Å². The Balaban J connectivity index is 2.14. The van der Waals surface area contributed by atoms with Gasteiger partial charge in [0, 0.05) is 12.1 Å². The number of amides is 1. The molecule has 1 fully saturated rings. The SMILES string of the molecule is C=C1C[C@H](CCC)O[C@H]([C@H](C)OCc2ccccc2)[C@@H]1OC(=O)N(C(C)C)C(C)C. The molecule has 1 aromatic rings. The van der Waals surface area contributed by atoms with Crippen molar-refractivity contribution in [3.8, 4) is 0 Å². The minimum absolute atomic E-state index is 0.0494. The van der Waals surface area contributed by atoms with Crippen molar-refractivity contribution in [3.05, 3.63) is 48.0 Å². The van der Waals surface area contributed by atoms with Crippen LogP contribution in [-0.4, -0.2) is 47.5 Å². The molecule has 0 bridgehead atoms. The molecular weight excluding hydrogens is 378 g/mol. The number of carbonyl (C=O) groups is 1. The summed E-state index contributed by atoms with van der Waals surface area (Å²) in [6.07, 6.45) is 1.30. The van der Waals surface area contributed by atoms with Crippen LogP contribution < -0.4 is 0 Å². The monoisotopic (exact) mass is 417 g/mol. The topological polar surface area (TPSA) is 48.0 Å². The molecule has 0 saturated carbocycles. The van der Waals surface area contributed by atoms with Crippen LogP contribution in [0.1, 0.15) is 66.4 Å². The zero-order valence-electron chi connectivity index (χ0n) is 19.5. The van der Waals surface area contributed by atoms with Gasteiger partial charge in [-0.1, -0.05) is 50.3 Å². The second-order valence-electron chi connectivity index (χ2n) is 8.77. The van der Waals surface area contributed by atoms with E-state index in [0.29, 0.717) is 13.0 Å². The van der Waals surface area contributed by atoms with Gasteiger partial charge in [0.2, 0.25) is 0 Å². The molecule has 1 amide bonds. The number of hydrogen-bond acceptors (Lipinski definition) is 4. The van der Waals surface area contributed by atoms with Crippen molar-refractivity contribution in [2.24, 2.45) is 0 Å². The van der Waals surface area contributed by atoms with Gasteiger partial charge < -0.3 is 19.1 Å². The smallest absolute Gasteiger partial charge is 0.410 e. The summed E-state index contributed by atoms with van der Waals surface area (Å²) in [7, 11) is 0. The molecule has 5 nitrogen and oxygen atoms in total. The maximum Gasteiger partial charge on any atom is 0.410 e. The molecule has 1 saturated heterocycles. The van der Waals surface area contributed by atoms with Crippen LogP contribution in [0, 0.1) is 0 Å². The van der Waals surface area contributed by atoms with Gasteiger partial charge in [-0.3, -0.25) is 0 Å². The predicted molar refractivity (Wildman–Crippen MR) is 120 cm³/mol. The molecule has 0 radical (unpaired) electrons.